The molecule has 3 aliphatic heterocycles. The van der Waals surface area contributed by atoms with Crippen LogP contribution in [-0.2, 0) is 26.2 Å². The maximum Gasteiger partial charge on any atom is 0.145 e. The van der Waals surface area contributed by atoms with E-state index in [9.17, 15) is 5.11 Å². The first-order chi connectivity index (χ1) is 10.6. The Bertz CT molecular complexity index is 584. The van der Waals surface area contributed by atoms with Crippen LogP contribution < -0.4 is 4.74 Å². The van der Waals surface area contributed by atoms with Crippen LogP contribution in [-0.4, -0.2) is 55.3 Å². The van der Waals surface area contributed by atoms with Crippen molar-refractivity contribution in [3.8, 4) is 5.75 Å². The zero-order valence-corrected chi connectivity index (χ0v) is 12.9. The van der Waals surface area contributed by atoms with Gasteiger partial charge in [-0.2, -0.15) is 0 Å². The van der Waals surface area contributed by atoms with E-state index in [0.29, 0.717) is 50.4 Å². The van der Waals surface area contributed by atoms with E-state index < -0.39 is 11.2 Å². The molecule has 1 aromatic rings. The maximum atomic E-state index is 10.1. The summed E-state index contributed by atoms with van der Waals surface area (Å²) in [6.07, 6.45) is 1.48. The van der Waals surface area contributed by atoms with Crippen LogP contribution in [0.15, 0.2) is 6.07 Å². The van der Waals surface area contributed by atoms with E-state index in [4.69, 9.17) is 30.5 Å². The van der Waals surface area contributed by atoms with Gasteiger partial charge in [-0.3, -0.25) is 0 Å². The first kappa shape index (κ1) is 14.7. The normalized spacial score (nSPS) is 29.2. The minimum atomic E-state index is -0.901. The predicted molar refractivity (Wildman–Crippen MR) is 77.3 cm³/mol. The minimum Gasteiger partial charge on any atom is -0.490 e. The van der Waals surface area contributed by atoms with Crippen molar-refractivity contribution in [3.05, 3.63) is 22.5 Å². The summed E-state index contributed by atoms with van der Waals surface area (Å²) >= 11 is 6.17. The van der Waals surface area contributed by atoms with Crippen molar-refractivity contribution in [2.75, 3.05) is 39.6 Å². The Kier molecular flexibility index (Phi) is 3.54. The highest BCUT2D eigenvalue weighted by molar-refractivity contribution is 6.29. The van der Waals surface area contributed by atoms with E-state index in [2.05, 4.69) is 4.98 Å². The molecule has 1 spiro atoms. The van der Waals surface area contributed by atoms with Crippen LogP contribution in [0.25, 0.3) is 0 Å². The Morgan fingerprint density at radius 1 is 1.27 bits per heavy atom. The van der Waals surface area contributed by atoms with Gasteiger partial charge in [0.15, 0.2) is 0 Å². The third-order valence-corrected chi connectivity index (χ3v) is 4.63. The average molecular weight is 328 g/mol. The van der Waals surface area contributed by atoms with Crippen molar-refractivity contribution < 1.29 is 24.1 Å². The molecule has 6 nitrogen and oxygen atoms in total. The molecule has 2 fully saturated rings. The van der Waals surface area contributed by atoms with E-state index in [0.717, 1.165) is 17.7 Å². The van der Waals surface area contributed by atoms with Crippen molar-refractivity contribution in [2.24, 2.45) is 0 Å². The number of pyridine rings is 1. The maximum absolute atomic E-state index is 10.1. The molecule has 1 aromatic heterocycles. The minimum absolute atomic E-state index is 0.185. The summed E-state index contributed by atoms with van der Waals surface area (Å²) < 4.78 is 22.4. The number of aliphatic hydroxyl groups is 1. The van der Waals surface area contributed by atoms with Crippen LogP contribution >= 0.6 is 11.6 Å². The van der Waals surface area contributed by atoms with E-state index in [-0.39, 0.29) is 6.61 Å². The SMILES string of the molecule is OC1(COc2cc(Cl)nc3c2CCOC32CCOC2)COC1. The van der Waals surface area contributed by atoms with Crippen LogP contribution in [0.1, 0.15) is 17.7 Å². The fourth-order valence-corrected chi connectivity index (χ4v) is 3.35. The van der Waals surface area contributed by atoms with E-state index in [1.165, 1.54) is 0 Å². The van der Waals surface area contributed by atoms with Crippen molar-refractivity contribution in [1.29, 1.82) is 0 Å². The van der Waals surface area contributed by atoms with Crippen LogP contribution in [0, 0.1) is 0 Å². The zero-order valence-electron chi connectivity index (χ0n) is 12.1. The highest BCUT2D eigenvalue weighted by Gasteiger charge is 2.44. The Labute approximate surface area is 133 Å². The van der Waals surface area contributed by atoms with Gasteiger partial charge in [-0.05, 0) is 0 Å². The molecule has 2 saturated heterocycles. The summed E-state index contributed by atoms with van der Waals surface area (Å²) in [5.74, 6) is 0.671. The van der Waals surface area contributed by atoms with Crippen LogP contribution in [0.2, 0.25) is 5.15 Å². The molecule has 0 saturated carbocycles. The second kappa shape index (κ2) is 5.32. The topological polar surface area (TPSA) is 70.0 Å². The number of hydrogen-bond acceptors (Lipinski definition) is 6. The van der Waals surface area contributed by atoms with E-state index in [1.807, 2.05) is 0 Å². The fourth-order valence-electron chi connectivity index (χ4n) is 3.16. The summed E-state index contributed by atoms with van der Waals surface area (Å²) in [5, 5.41) is 10.5. The molecule has 0 aliphatic carbocycles. The highest BCUT2D eigenvalue weighted by atomic mass is 35.5. The zero-order chi connectivity index (χ0) is 15.2. The van der Waals surface area contributed by atoms with Crippen LogP contribution in [0.3, 0.4) is 0 Å². The number of aromatic nitrogens is 1. The molecule has 4 rings (SSSR count). The fraction of sp³-hybridized carbons (Fsp3) is 0.667. The lowest BCUT2D eigenvalue weighted by atomic mass is 9.90. The molecule has 0 bridgehead atoms. The summed E-state index contributed by atoms with van der Waals surface area (Å²) in [7, 11) is 0. The van der Waals surface area contributed by atoms with Gasteiger partial charge in [-0.25, -0.2) is 4.98 Å². The molecule has 1 N–H and O–H groups in total. The lowest BCUT2D eigenvalue weighted by Crippen LogP contribution is -2.54. The number of fused-ring (bicyclic) bond motifs is 2. The average Bonchev–Trinajstić information content (AvgIpc) is 2.93. The third kappa shape index (κ3) is 2.39. The predicted octanol–water partition coefficient (Wildman–Crippen LogP) is 1.06. The monoisotopic (exact) mass is 327 g/mol. The van der Waals surface area contributed by atoms with Crippen molar-refractivity contribution in [1.82, 2.24) is 4.98 Å². The molecular weight excluding hydrogens is 310 g/mol. The Hall–Kier alpha value is -0.920. The van der Waals surface area contributed by atoms with E-state index >= 15 is 0 Å². The third-order valence-electron chi connectivity index (χ3n) is 4.44. The summed E-state index contributed by atoms with van der Waals surface area (Å²) in [6.45, 7) is 2.53. The largest absolute Gasteiger partial charge is 0.490 e. The molecular formula is C15H18ClNO5. The second-order valence-electron chi connectivity index (χ2n) is 6.17. The van der Waals surface area contributed by atoms with Gasteiger partial charge < -0.3 is 24.1 Å². The summed E-state index contributed by atoms with van der Waals surface area (Å²) in [4.78, 5) is 4.48. The molecule has 3 aliphatic rings. The molecule has 4 heterocycles. The van der Waals surface area contributed by atoms with Gasteiger partial charge >= 0.3 is 0 Å². The van der Waals surface area contributed by atoms with Gasteiger partial charge in [-0.15, -0.1) is 0 Å². The summed E-state index contributed by atoms with van der Waals surface area (Å²) in [5.41, 5.74) is 0.412. The molecule has 0 aromatic carbocycles. The molecule has 22 heavy (non-hydrogen) atoms. The standard InChI is InChI=1S/C15H18ClNO5/c16-12-5-11(21-8-14(18)6-20-7-14)10-1-3-22-15(13(10)17-12)2-4-19-9-15/h5,18H,1-4,6-9H2. The van der Waals surface area contributed by atoms with Gasteiger partial charge in [-0.1, -0.05) is 11.6 Å². The number of hydrogen-bond donors (Lipinski definition) is 1. The van der Waals surface area contributed by atoms with Crippen molar-refractivity contribution in [3.63, 3.8) is 0 Å². The first-order valence-corrected chi connectivity index (χ1v) is 7.83. The molecule has 1 atom stereocenters. The Morgan fingerprint density at radius 3 is 2.82 bits per heavy atom. The van der Waals surface area contributed by atoms with Gasteiger partial charge in [0, 0.05) is 31.1 Å². The van der Waals surface area contributed by atoms with Gasteiger partial charge in [0.2, 0.25) is 0 Å². The van der Waals surface area contributed by atoms with Crippen molar-refractivity contribution in [2.45, 2.75) is 24.0 Å². The van der Waals surface area contributed by atoms with Crippen LogP contribution in [0.4, 0.5) is 0 Å². The Balaban J connectivity index is 1.66. The van der Waals surface area contributed by atoms with Crippen LogP contribution in [0.5, 0.6) is 5.75 Å². The van der Waals surface area contributed by atoms with Gasteiger partial charge in [0.25, 0.3) is 0 Å². The number of rotatable bonds is 3. The molecule has 1 unspecified atom stereocenters. The first-order valence-electron chi connectivity index (χ1n) is 7.45. The van der Waals surface area contributed by atoms with Gasteiger partial charge in [0.1, 0.15) is 28.7 Å². The lowest BCUT2D eigenvalue weighted by molar-refractivity contribution is -0.192. The smallest absolute Gasteiger partial charge is 0.145 e. The number of halogens is 1. The second-order valence-corrected chi connectivity index (χ2v) is 6.56. The van der Waals surface area contributed by atoms with Gasteiger partial charge in [0.05, 0.1) is 32.1 Å². The molecule has 7 heteroatoms. The molecule has 0 amide bonds. The Morgan fingerprint density at radius 2 is 2.14 bits per heavy atom. The molecule has 0 radical (unpaired) electrons. The number of ether oxygens (including phenoxy) is 4. The van der Waals surface area contributed by atoms with Crippen molar-refractivity contribution >= 4 is 11.6 Å². The number of nitrogens with zero attached hydrogens (tertiary/aromatic N) is 1. The quantitative estimate of drug-likeness (QED) is 0.837. The highest BCUT2D eigenvalue weighted by Crippen LogP contribution is 2.42. The van der Waals surface area contributed by atoms with E-state index in [1.54, 1.807) is 6.07 Å². The summed E-state index contributed by atoms with van der Waals surface area (Å²) in [6, 6.07) is 1.71. The molecule has 120 valence electrons. The lowest BCUT2D eigenvalue weighted by Gasteiger charge is -2.37.